The number of hydrogen-bond acceptors (Lipinski definition) is 4. The first-order valence-corrected chi connectivity index (χ1v) is 8.36. The Labute approximate surface area is 139 Å². The number of carbonyl (C=O) groups is 1. The standard InChI is InChI=1S/C17H20N6O/c1-12(22-11-18-10-19-22)16(24)21-17-20-14-8-4-5-9-15(14)23(17)13-6-2-3-7-13/h4-5,8-13H,2-3,6-7H2,1H3,(H,20,21,24). The third kappa shape index (κ3) is 2.55. The average Bonchev–Trinajstić information content (AvgIpc) is 3.33. The largest absolute Gasteiger partial charge is 0.307 e. The van der Waals surface area contributed by atoms with Crippen LogP contribution < -0.4 is 5.32 Å². The first kappa shape index (κ1) is 14.9. The maximum atomic E-state index is 12.6. The molecule has 7 heteroatoms. The quantitative estimate of drug-likeness (QED) is 0.800. The van der Waals surface area contributed by atoms with Gasteiger partial charge in [-0.1, -0.05) is 25.0 Å². The smallest absolute Gasteiger partial charge is 0.251 e. The molecule has 124 valence electrons. The van der Waals surface area contributed by atoms with Crippen LogP contribution in [0.15, 0.2) is 36.9 Å². The van der Waals surface area contributed by atoms with E-state index < -0.39 is 6.04 Å². The zero-order valence-electron chi connectivity index (χ0n) is 13.6. The van der Waals surface area contributed by atoms with Gasteiger partial charge in [0.25, 0.3) is 5.91 Å². The SMILES string of the molecule is CC(C(=O)Nc1nc2ccccc2n1C1CCCC1)n1cncn1. The Morgan fingerprint density at radius 2 is 2.08 bits per heavy atom. The average molecular weight is 324 g/mol. The Morgan fingerprint density at radius 3 is 2.83 bits per heavy atom. The number of hydrogen-bond donors (Lipinski definition) is 1. The van der Waals surface area contributed by atoms with Gasteiger partial charge >= 0.3 is 0 Å². The maximum absolute atomic E-state index is 12.6. The lowest BCUT2D eigenvalue weighted by Crippen LogP contribution is -2.26. The highest BCUT2D eigenvalue weighted by atomic mass is 16.2. The van der Waals surface area contributed by atoms with Crippen molar-refractivity contribution in [3.05, 3.63) is 36.9 Å². The second-order valence-corrected chi connectivity index (χ2v) is 6.27. The topological polar surface area (TPSA) is 77.6 Å². The highest BCUT2D eigenvalue weighted by molar-refractivity contribution is 5.93. The van der Waals surface area contributed by atoms with E-state index in [0.29, 0.717) is 12.0 Å². The summed E-state index contributed by atoms with van der Waals surface area (Å²) in [5.74, 6) is 0.482. The molecule has 3 aromatic rings. The first-order valence-electron chi connectivity index (χ1n) is 8.36. The van der Waals surface area contributed by atoms with E-state index in [-0.39, 0.29) is 5.91 Å². The van der Waals surface area contributed by atoms with Crippen molar-refractivity contribution in [3.63, 3.8) is 0 Å². The molecule has 1 aliphatic carbocycles. The lowest BCUT2D eigenvalue weighted by Gasteiger charge is -2.18. The lowest BCUT2D eigenvalue weighted by molar-refractivity contribution is -0.119. The number of fused-ring (bicyclic) bond motifs is 1. The number of para-hydroxylation sites is 2. The molecule has 1 unspecified atom stereocenters. The fourth-order valence-corrected chi connectivity index (χ4v) is 3.42. The minimum Gasteiger partial charge on any atom is -0.307 e. The predicted molar refractivity (Wildman–Crippen MR) is 90.6 cm³/mol. The molecule has 1 atom stereocenters. The summed E-state index contributed by atoms with van der Waals surface area (Å²) in [5, 5.41) is 7.03. The third-order valence-electron chi connectivity index (χ3n) is 4.73. The van der Waals surface area contributed by atoms with E-state index in [1.165, 1.54) is 23.9 Å². The highest BCUT2D eigenvalue weighted by Crippen LogP contribution is 2.35. The fraction of sp³-hybridized carbons (Fsp3) is 0.412. The number of anilines is 1. The first-order chi connectivity index (χ1) is 11.7. The molecule has 0 radical (unpaired) electrons. The van der Waals surface area contributed by atoms with Crippen LogP contribution in [-0.2, 0) is 4.79 Å². The zero-order valence-corrected chi connectivity index (χ0v) is 13.6. The number of amides is 1. The summed E-state index contributed by atoms with van der Waals surface area (Å²) in [4.78, 5) is 21.1. The molecule has 4 rings (SSSR count). The summed E-state index contributed by atoms with van der Waals surface area (Å²) in [6, 6.07) is 7.99. The van der Waals surface area contributed by atoms with E-state index in [1.807, 2.05) is 18.2 Å². The zero-order chi connectivity index (χ0) is 16.5. The van der Waals surface area contributed by atoms with Crippen LogP contribution in [0.1, 0.15) is 44.7 Å². The van der Waals surface area contributed by atoms with Crippen molar-refractivity contribution < 1.29 is 4.79 Å². The summed E-state index contributed by atoms with van der Waals surface area (Å²) in [7, 11) is 0. The van der Waals surface area contributed by atoms with Gasteiger partial charge in [-0.05, 0) is 31.9 Å². The molecule has 7 nitrogen and oxygen atoms in total. The molecule has 1 saturated carbocycles. The molecule has 1 fully saturated rings. The van der Waals surface area contributed by atoms with E-state index >= 15 is 0 Å². The molecule has 24 heavy (non-hydrogen) atoms. The molecular formula is C17H20N6O. The highest BCUT2D eigenvalue weighted by Gasteiger charge is 2.25. The predicted octanol–water partition coefficient (Wildman–Crippen LogP) is 2.94. The van der Waals surface area contributed by atoms with Crippen LogP contribution in [0.2, 0.25) is 0 Å². The molecule has 1 amide bonds. The van der Waals surface area contributed by atoms with E-state index in [1.54, 1.807) is 13.3 Å². The monoisotopic (exact) mass is 324 g/mol. The second kappa shape index (κ2) is 6.07. The number of carbonyl (C=O) groups excluding carboxylic acids is 1. The Balaban J connectivity index is 1.68. The molecule has 0 aliphatic heterocycles. The van der Waals surface area contributed by atoms with Crippen LogP contribution in [0.4, 0.5) is 5.95 Å². The summed E-state index contributed by atoms with van der Waals surface area (Å²) in [6.07, 6.45) is 7.67. The van der Waals surface area contributed by atoms with Gasteiger partial charge in [0.05, 0.1) is 11.0 Å². The van der Waals surface area contributed by atoms with Crippen molar-refractivity contribution in [2.75, 3.05) is 5.32 Å². The summed E-state index contributed by atoms with van der Waals surface area (Å²) >= 11 is 0. The van der Waals surface area contributed by atoms with E-state index in [2.05, 4.69) is 31.0 Å². The Kier molecular flexibility index (Phi) is 3.76. The van der Waals surface area contributed by atoms with Gasteiger partial charge in [-0.15, -0.1) is 0 Å². The maximum Gasteiger partial charge on any atom is 0.251 e. The van der Waals surface area contributed by atoms with Crippen LogP contribution in [0.3, 0.4) is 0 Å². The molecule has 2 heterocycles. The van der Waals surface area contributed by atoms with Crippen LogP contribution in [-0.4, -0.2) is 30.2 Å². The van der Waals surface area contributed by atoms with Crippen molar-refractivity contribution in [3.8, 4) is 0 Å². The number of imidazole rings is 1. The van der Waals surface area contributed by atoms with E-state index in [0.717, 1.165) is 23.9 Å². The Morgan fingerprint density at radius 1 is 1.29 bits per heavy atom. The normalized spacial score (nSPS) is 16.5. The van der Waals surface area contributed by atoms with Crippen LogP contribution in [0, 0.1) is 0 Å². The Bertz CT molecular complexity index is 847. The molecule has 1 aliphatic rings. The minimum atomic E-state index is -0.440. The van der Waals surface area contributed by atoms with Gasteiger partial charge in [0.1, 0.15) is 18.7 Å². The number of nitrogens with one attached hydrogen (secondary N) is 1. The third-order valence-corrected chi connectivity index (χ3v) is 4.73. The molecule has 0 spiro atoms. The van der Waals surface area contributed by atoms with Crippen molar-refractivity contribution in [2.24, 2.45) is 0 Å². The summed E-state index contributed by atoms with van der Waals surface area (Å²) in [5.41, 5.74) is 1.99. The van der Waals surface area contributed by atoms with Crippen molar-refractivity contribution in [1.29, 1.82) is 0 Å². The van der Waals surface area contributed by atoms with Crippen molar-refractivity contribution >= 4 is 22.9 Å². The van der Waals surface area contributed by atoms with Gasteiger partial charge in [0.2, 0.25) is 5.95 Å². The molecule has 2 aromatic heterocycles. The van der Waals surface area contributed by atoms with Gasteiger partial charge in [-0.3, -0.25) is 10.1 Å². The number of benzene rings is 1. The second-order valence-electron chi connectivity index (χ2n) is 6.27. The van der Waals surface area contributed by atoms with Crippen LogP contribution >= 0.6 is 0 Å². The Hall–Kier alpha value is -2.70. The molecule has 1 N–H and O–H groups in total. The molecular weight excluding hydrogens is 304 g/mol. The minimum absolute atomic E-state index is 0.143. The summed E-state index contributed by atoms with van der Waals surface area (Å²) < 4.78 is 3.73. The van der Waals surface area contributed by atoms with E-state index in [4.69, 9.17) is 0 Å². The lowest BCUT2D eigenvalue weighted by atomic mass is 10.2. The molecule has 0 bridgehead atoms. The van der Waals surface area contributed by atoms with Crippen molar-refractivity contribution in [1.82, 2.24) is 24.3 Å². The molecule has 1 aromatic carbocycles. The fourth-order valence-electron chi connectivity index (χ4n) is 3.42. The van der Waals surface area contributed by atoms with Crippen LogP contribution in [0.25, 0.3) is 11.0 Å². The number of aromatic nitrogens is 5. The van der Waals surface area contributed by atoms with E-state index in [9.17, 15) is 4.79 Å². The molecule has 0 saturated heterocycles. The number of nitrogens with zero attached hydrogens (tertiary/aromatic N) is 5. The summed E-state index contributed by atoms with van der Waals surface area (Å²) in [6.45, 7) is 1.80. The van der Waals surface area contributed by atoms with Crippen LogP contribution in [0.5, 0.6) is 0 Å². The van der Waals surface area contributed by atoms with Gasteiger partial charge in [-0.25, -0.2) is 14.6 Å². The van der Waals surface area contributed by atoms with Gasteiger partial charge in [0, 0.05) is 6.04 Å². The van der Waals surface area contributed by atoms with Crippen molar-refractivity contribution in [2.45, 2.75) is 44.7 Å². The van der Waals surface area contributed by atoms with Gasteiger partial charge in [0.15, 0.2) is 0 Å². The van der Waals surface area contributed by atoms with Gasteiger partial charge in [-0.2, -0.15) is 5.10 Å². The van der Waals surface area contributed by atoms with Gasteiger partial charge < -0.3 is 4.57 Å². The number of rotatable bonds is 4.